The Hall–Kier alpha value is -3.61. The van der Waals surface area contributed by atoms with Gasteiger partial charge in [0.25, 0.3) is 0 Å². The average Bonchev–Trinajstić information content (AvgIpc) is 2.69. The SMILES string of the molecule is CCCCOc1ccccc1NC(=O)n1cc(C(=O)O)c(=O)c2ccccc21. The van der Waals surface area contributed by atoms with Crippen molar-refractivity contribution in [2.75, 3.05) is 11.9 Å². The second-order valence-corrected chi connectivity index (χ2v) is 6.19. The number of amides is 1. The van der Waals surface area contributed by atoms with E-state index in [2.05, 4.69) is 12.2 Å². The van der Waals surface area contributed by atoms with Gasteiger partial charge >= 0.3 is 12.0 Å². The highest BCUT2D eigenvalue weighted by atomic mass is 16.5. The monoisotopic (exact) mass is 380 g/mol. The highest BCUT2D eigenvalue weighted by Crippen LogP contribution is 2.24. The zero-order valence-electron chi connectivity index (χ0n) is 15.3. The molecule has 0 bridgehead atoms. The van der Waals surface area contributed by atoms with Gasteiger partial charge in [0.05, 0.1) is 17.8 Å². The van der Waals surface area contributed by atoms with Crippen LogP contribution >= 0.6 is 0 Å². The molecule has 0 unspecified atom stereocenters. The number of carbonyl (C=O) groups excluding carboxylic acids is 1. The molecule has 144 valence electrons. The van der Waals surface area contributed by atoms with Crippen LogP contribution in [0.4, 0.5) is 10.5 Å². The molecule has 3 rings (SSSR count). The summed E-state index contributed by atoms with van der Waals surface area (Å²) in [6, 6.07) is 12.8. The van der Waals surface area contributed by atoms with E-state index >= 15 is 0 Å². The quantitative estimate of drug-likeness (QED) is 0.631. The Morgan fingerprint density at radius 2 is 1.82 bits per heavy atom. The number of para-hydroxylation sites is 3. The first-order valence-corrected chi connectivity index (χ1v) is 8.93. The zero-order valence-corrected chi connectivity index (χ0v) is 15.3. The highest BCUT2D eigenvalue weighted by molar-refractivity contribution is 6.01. The Balaban J connectivity index is 2.00. The van der Waals surface area contributed by atoms with E-state index in [-0.39, 0.29) is 5.39 Å². The summed E-state index contributed by atoms with van der Waals surface area (Å²) >= 11 is 0. The molecule has 0 aliphatic carbocycles. The molecule has 7 nitrogen and oxygen atoms in total. The number of carboxylic acid groups (broad SMARTS) is 1. The van der Waals surface area contributed by atoms with Crippen molar-refractivity contribution < 1.29 is 19.4 Å². The van der Waals surface area contributed by atoms with E-state index < -0.39 is 23.0 Å². The summed E-state index contributed by atoms with van der Waals surface area (Å²) in [6.07, 6.45) is 2.91. The van der Waals surface area contributed by atoms with Crippen molar-refractivity contribution in [2.45, 2.75) is 19.8 Å². The fourth-order valence-electron chi connectivity index (χ4n) is 2.80. The van der Waals surface area contributed by atoms with E-state index in [0.717, 1.165) is 23.6 Å². The summed E-state index contributed by atoms with van der Waals surface area (Å²) in [5.41, 5.74) is -0.320. The molecule has 1 aromatic heterocycles. The van der Waals surface area contributed by atoms with Crippen LogP contribution < -0.4 is 15.5 Å². The number of hydrogen-bond acceptors (Lipinski definition) is 4. The minimum atomic E-state index is -1.39. The van der Waals surface area contributed by atoms with Crippen LogP contribution in [-0.2, 0) is 0 Å². The lowest BCUT2D eigenvalue weighted by Crippen LogP contribution is -2.26. The van der Waals surface area contributed by atoms with Crippen molar-refractivity contribution in [3.8, 4) is 5.75 Å². The molecule has 7 heteroatoms. The van der Waals surface area contributed by atoms with Gasteiger partial charge in [0.15, 0.2) is 0 Å². The molecule has 2 N–H and O–H groups in total. The van der Waals surface area contributed by atoms with Gasteiger partial charge in [-0.15, -0.1) is 0 Å². The number of carbonyl (C=O) groups is 2. The van der Waals surface area contributed by atoms with Crippen LogP contribution in [0.15, 0.2) is 59.5 Å². The molecule has 2 aromatic carbocycles. The minimum Gasteiger partial charge on any atom is -0.491 e. The molecule has 0 fully saturated rings. The van der Waals surface area contributed by atoms with E-state index in [4.69, 9.17) is 4.74 Å². The van der Waals surface area contributed by atoms with Gasteiger partial charge in [-0.25, -0.2) is 9.59 Å². The predicted molar refractivity (Wildman–Crippen MR) is 106 cm³/mol. The summed E-state index contributed by atoms with van der Waals surface area (Å²) in [6.45, 7) is 2.58. The average molecular weight is 380 g/mol. The van der Waals surface area contributed by atoms with Crippen molar-refractivity contribution in [2.24, 2.45) is 0 Å². The second-order valence-electron chi connectivity index (χ2n) is 6.19. The Morgan fingerprint density at radius 1 is 1.11 bits per heavy atom. The minimum absolute atomic E-state index is 0.157. The third kappa shape index (κ3) is 3.88. The second kappa shape index (κ2) is 8.39. The lowest BCUT2D eigenvalue weighted by molar-refractivity contribution is 0.0695. The van der Waals surface area contributed by atoms with Crippen molar-refractivity contribution >= 4 is 28.6 Å². The number of benzene rings is 2. The van der Waals surface area contributed by atoms with Crippen LogP contribution in [0.2, 0.25) is 0 Å². The van der Waals surface area contributed by atoms with Crippen molar-refractivity contribution in [1.82, 2.24) is 4.57 Å². The topological polar surface area (TPSA) is 97.6 Å². The molecule has 1 amide bonds. The molecule has 28 heavy (non-hydrogen) atoms. The maximum absolute atomic E-state index is 12.9. The molecular formula is C21H20N2O5. The maximum Gasteiger partial charge on any atom is 0.341 e. The van der Waals surface area contributed by atoms with Crippen molar-refractivity contribution in [3.63, 3.8) is 0 Å². The van der Waals surface area contributed by atoms with E-state index in [1.165, 1.54) is 6.07 Å². The number of anilines is 1. The van der Waals surface area contributed by atoms with Gasteiger partial charge in [-0.1, -0.05) is 37.6 Å². The summed E-state index contributed by atoms with van der Waals surface area (Å²) in [5.74, 6) is -0.867. The van der Waals surface area contributed by atoms with Gasteiger partial charge < -0.3 is 15.2 Å². The Morgan fingerprint density at radius 3 is 2.57 bits per heavy atom. The summed E-state index contributed by atoms with van der Waals surface area (Å²) in [7, 11) is 0. The number of pyridine rings is 1. The van der Waals surface area contributed by atoms with Gasteiger partial charge in [-0.2, -0.15) is 0 Å². The molecule has 3 aromatic rings. The smallest absolute Gasteiger partial charge is 0.341 e. The highest BCUT2D eigenvalue weighted by Gasteiger charge is 2.18. The number of fused-ring (bicyclic) bond motifs is 1. The van der Waals surface area contributed by atoms with Crippen LogP contribution in [0.5, 0.6) is 5.75 Å². The molecule has 0 saturated heterocycles. The number of aromatic nitrogens is 1. The number of rotatable bonds is 6. The molecule has 1 heterocycles. The van der Waals surface area contributed by atoms with E-state index in [0.29, 0.717) is 23.6 Å². The summed E-state index contributed by atoms with van der Waals surface area (Å²) in [4.78, 5) is 36.7. The van der Waals surface area contributed by atoms with Crippen LogP contribution in [-0.4, -0.2) is 28.3 Å². The lowest BCUT2D eigenvalue weighted by atomic mass is 10.1. The number of nitrogens with zero attached hydrogens (tertiary/aromatic N) is 1. The molecule has 0 atom stereocenters. The number of carboxylic acids is 1. The fourth-order valence-corrected chi connectivity index (χ4v) is 2.80. The molecular weight excluding hydrogens is 360 g/mol. The number of aromatic carboxylic acids is 1. The van der Waals surface area contributed by atoms with Crippen molar-refractivity contribution in [1.29, 1.82) is 0 Å². The number of nitrogens with one attached hydrogen (secondary N) is 1. The molecule has 0 aliphatic heterocycles. The Bertz CT molecular complexity index is 1090. The largest absolute Gasteiger partial charge is 0.491 e. The molecule has 0 spiro atoms. The molecule has 0 aliphatic rings. The van der Waals surface area contributed by atoms with Gasteiger partial charge in [0, 0.05) is 11.6 Å². The number of hydrogen-bond donors (Lipinski definition) is 2. The van der Waals surface area contributed by atoms with Gasteiger partial charge in [-0.3, -0.25) is 9.36 Å². The van der Waals surface area contributed by atoms with Gasteiger partial charge in [0.1, 0.15) is 11.3 Å². The fraction of sp³-hybridized carbons (Fsp3) is 0.190. The van der Waals surface area contributed by atoms with E-state index in [9.17, 15) is 19.5 Å². The lowest BCUT2D eigenvalue weighted by Gasteiger charge is -2.15. The summed E-state index contributed by atoms with van der Waals surface area (Å²) in [5, 5.41) is 12.2. The molecule has 0 radical (unpaired) electrons. The predicted octanol–water partition coefficient (Wildman–Crippen LogP) is 3.96. The Kier molecular flexibility index (Phi) is 5.74. The third-order valence-corrected chi connectivity index (χ3v) is 4.24. The molecule has 0 saturated carbocycles. The summed E-state index contributed by atoms with van der Waals surface area (Å²) < 4.78 is 6.84. The van der Waals surface area contributed by atoms with E-state index in [1.807, 2.05) is 0 Å². The maximum atomic E-state index is 12.9. The van der Waals surface area contributed by atoms with E-state index in [1.54, 1.807) is 42.5 Å². The van der Waals surface area contributed by atoms with Crippen LogP contribution in [0.1, 0.15) is 30.1 Å². The van der Waals surface area contributed by atoms with Gasteiger partial charge in [-0.05, 0) is 30.7 Å². The standard InChI is InChI=1S/C21H20N2O5/c1-2-3-12-28-18-11-7-5-9-16(18)22-21(27)23-13-15(20(25)26)19(24)14-8-4-6-10-17(14)23/h4-11,13H,2-3,12H2,1H3,(H,22,27)(H,25,26). The zero-order chi connectivity index (χ0) is 20.1. The number of unbranched alkanes of at least 4 members (excludes halogenated alkanes) is 1. The van der Waals surface area contributed by atoms with Crippen LogP contribution in [0, 0.1) is 0 Å². The number of ether oxygens (including phenoxy) is 1. The normalized spacial score (nSPS) is 10.6. The van der Waals surface area contributed by atoms with Crippen LogP contribution in [0.3, 0.4) is 0 Å². The first-order chi connectivity index (χ1) is 13.5. The first-order valence-electron chi connectivity index (χ1n) is 8.93. The Labute approximate surface area is 161 Å². The van der Waals surface area contributed by atoms with Crippen LogP contribution in [0.25, 0.3) is 10.9 Å². The van der Waals surface area contributed by atoms with Crippen molar-refractivity contribution in [3.05, 3.63) is 70.5 Å². The third-order valence-electron chi connectivity index (χ3n) is 4.24. The van der Waals surface area contributed by atoms with Gasteiger partial charge in [0.2, 0.25) is 5.43 Å². The first kappa shape index (κ1) is 19.2.